The molecule has 0 aliphatic carbocycles. The summed E-state index contributed by atoms with van der Waals surface area (Å²) in [7, 11) is -2.39. The number of nitrogens with zero attached hydrogens (tertiary/aromatic N) is 2. The van der Waals surface area contributed by atoms with Crippen molar-refractivity contribution in [2.45, 2.75) is 4.90 Å². The van der Waals surface area contributed by atoms with Gasteiger partial charge in [-0.05, 0) is 30.3 Å². The lowest BCUT2D eigenvalue weighted by atomic mass is 10.1. The van der Waals surface area contributed by atoms with E-state index in [0.29, 0.717) is 5.82 Å². The third kappa shape index (κ3) is 5.16. The Labute approximate surface area is 182 Å². The Kier molecular flexibility index (Phi) is 6.35. The molecule has 1 aromatic carbocycles. The van der Waals surface area contributed by atoms with Gasteiger partial charge in [-0.25, -0.2) is 27.6 Å². The second kappa shape index (κ2) is 8.98. The number of halogens is 1. The van der Waals surface area contributed by atoms with Crippen LogP contribution in [0.15, 0.2) is 53.7 Å². The van der Waals surface area contributed by atoms with E-state index in [9.17, 15) is 27.5 Å². The molecule has 166 valence electrons. The maximum Gasteiger partial charge on any atom is 0.335 e. The number of hydrogen-bond acceptors (Lipinski definition) is 8. The van der Waals surface area contributed by atoms with Crippen molar-refractivity contribution in [1.29, 1.82) is 0 Å². The summed E-state index contributed by atoms with van der Waals surface area (Å²) >= 11 is 0. The average Bonchev–Trinajstić information content (AvgIpc) is 2.74. The molecule has 0 spiro atoms. The van der Waals surface area contributed by atoms with Gasteiger partial charge >= 0.3 is 5.97 Å². The lowest BCUT2D eigenvalue weighted by Gasteiger charge is -2.16. The third-order valence-corrected chi connectivity index (χ3v) is 5.39. The fraction of sp³-hybridized carbons (Fsp3) is 0.100. The Morgan fingerprint density at radius 3 is 2.28 bits per heavy atom. The molecule has 0 saturated carbocycles. The van der Waals surface area contributed by atoms with Gasteiger partial charge in [0.15, 0.2) is 9.84 Å². The van der Waals surface area contributed by atoms with Crippen LogP contribution < -0.4 is 16.0 Å². The van der Waals surface area contributed by atoms with E-state index < -0.39 is 27.5 Å². The maximum absolute atomic E-state index is 13.1. The van der Waals surface area contributed by atoms with E-state index in [4.69, 9.17) is 0 Å². The molecule has 0 aliphatic rings. The number of benzene rings is 1. The van der Waals surface area contributed by atoms with Crippen molar-refractivity contribution in [3.63, 3.8) is 0 Å². The lowest BCUT2D eigenvalue weighted by Crippen LogP contribution is -2.20. The molecule has 0 fully saturated rings. The Morgan fingerprint density at radius 1 is 0.969 bits per heavy atom. The van der Waals surface area contributed by atoms with Crippen LogP contribution in [0.25, 0.3) is 0 Å². The molecule has 0 radical (unpaired) electrons. The van der Waals surface area contributed by atoms with Crippen LogP contribution in [0.2, 0.25) is 0 Å². The molecule has 1 amide bonds. The highest BCUT2D eigenvalue weighted by molar-refractivity contribution is 7.90. The molecule has 0 atom stereocenters. The Morgan fingerprint density at radius 2 is 1.69 bits per heavy atom. The van der Waals surface area contributed by atoms with Crippen molar-refractivity contribution >= 4 is 44.7 Å². The summed E-state index contributed by atoms with van der Waals surface area (Å²) in [5, 5.41) is 17.4. The van der Waals surface area contributed by atoms with Gasteiger partial charge < -0.3 is 21.1 Å². The van der Waals surface area contributed by atoms with Crippen LogP contribution in [0.5, 0.6) is 0 Å². The molecule has 0 saturated heterocycles. The fourth-order valence-corrected chi connectivity index (χ4v) is 3.59. The second-order valence-corrected chi connectivity index (χ2v) is 8.58. The zero-order valence-corrected chi connectivity index (χ0v) is 17.7. The van der Waals surface area contributed by atoms with Crippen molar-refractivity contribution in [3.05, 3.63) is 65.7 Å². The van der Waals surface area contributed by atoms with E-state index >= 15 is 0 Å². The summed E-state index contributed by atoms with van der Waals surface area (Å²) in [5.41, 5.74) is 0.158. The second-order valence-electron chi connectivity index (χ2n) is 6.59. The van der Waals surface area contributed by atoms with Gasteiger partial charge in [-0.2, -0.15) is 0 Å². The molecule has 0 bridgehead atoms. The first-order chi connectivity index (χ1) is 15.1. The number of rotatable bonds is 7. The van der Waals surface area contributed by atoms with Crippen molar-refractivity contribution in [2.75, 3.05) is 23.9 Å². The van der Waals surface area contributed by atoms with Crippen molar-refractivity contribution < 1.29 is 27.5 Å². The molecule has 3 rings (SSSR count). The number of aromatic nitrogens is 2. The first-order valence-electron chi connectivity index (χ1n) is 9.03. The van der Waals surface area contributed by atoms with E-state index in [2.05, 4.69) is 25.9 Å². The van der Waals surface area contributed by atoms with Gasteiger partial charge in [-0.3, -0.25) is 4.79 Å². The molecule has 2 heterocycles. The molecule has 4 N–H and O–H groups in total. The molecule has 10 nitrogen and oxygen atoms in total. The smallest absolute Gasteiger partial charge is 0.335 e. The molecule has 12 heteroatoms. The molecule has 32 heavy (non-hydrogen) atoms. The summed E-state index contributed by atoms with van der Waals surface area (Å²) in [4.78, 5) is 31.3. The summed E-state index contributed by atoms with van der Waals surface area (Å²) < 4.78 is 37.6. The number of carbonyl (C=O) groups is 2. The topological polar surface area (TPSA) is 150 Å². The summed E-state index contributed by atoms with van der Waals surface area (Å²) in [5.74, 6) is -1.76. The average molecular weight is 459 g/mol. The minimum Gasteiger partial charge on any atom is -0.478 e. The van der Waals surface area contributed by atoms with Crippen LogP contribution in [0.1, 0.15) is 20.7 Å². The number of anilines is 4. The molecular formula is C20H18FN5O5S. The van der Waals surface area contributed by atoms with Crippen LogP contribution in [0.4, 0.5) is 27.4 Å². The first-order valence-corrected chi connectivity index (χ1v) is 10.9. The van der Waals surface area contributed by atoms with Gasteiger partial charge in [-0.15, -0.1) is 0 Å². The summed E-state index contributed by atoms with van der Waals surface area (Å²) in [6.07, 6.45) is 3.22. The van der Waals surface area contributed by atoms with Gasteiger partial charge in [0.1, 0.15) is 17.5 Å². The number of carboxylic acid groups (broad SMARTS) is 1. The van der Waals surface area contributed by atoms with E-state index in [0.717, 1.165) is 18.5 Å². The quantitative estimate of drug-likeness (QED) is 0.418. The number of nitrogens with one attached hydrogen (secondary N) is 3. The highest BCUT2D eigenvalue weighted by atomic mass is 32.2. The number of hydrogen-bond donors (Lipinski definition) is 4. The minimum absolute atomic E-state index is 0.0692. The van der Waals surface area contributed by atoms with Gasteiger partial charge in [0, 0.05) is 25.6 Å². The summed E-state index contributed by atoms with van der Waals surface area (Å²) in [6.45, 7) is 0. The highest BCUT2D eigenvalue weighted by Gasteiger charge is 2.19. The standard InChI is InChI=1S/C20H18FN5O5S/c1-22-19(27)13-10-24-18(26-17-6-4-12(21)9-23-17)8-15(13)25-14-5-3-11(20(28)29)7-16(14)32(2,30)31/h3-10H,1-2H3,(H,22,27)(H,28,29)(H2,23,24,25,26). The summed E-state index contributed by atoms with van der Waals surface area (Å²) in [6, 6.07) is 7.60. The molecule has 2 aromatic heterocycles. The van der Waals surface area contributed by atoms with Crippen LogP contribution in [0, 0.1) is 5.82 Å². The SMILES string of the molecule is CNC(=O)c1cnc(Nc2ccc(F)cn2)cc1Nc1ccc(C(=O)O)cc1S(C)(=O)=O. The Hall–Kier alpha value is -4.06. The van der Waals surface area contributed by atoms with E-state index in [-0.39, 0.29) is 33.2 Å². The Balaban J connectivity index is 2.06. The molecule has 0 aliphatic heterocycles. The zero-order valence-electron chi connectivity index (χ0n) is 16.9. The molecular weight excluding hydrogens is 441 g/mol. The van der Waals surface area contributed by atoms with E-state index in [1.807, 2.05) is 0 Å². The number of pyridine rings is 2. The number of sulfone groups is 1. The highest BCUT2D eigenvalue weighted by Crippen LogP contribution is 2.30. The van der Waals surface area contributed by atoms with Crippen molar-refractivity contribution in [1.82, 2.24) is 15.3 Å². The number of amides is 1. The molecule has 0 unspecified atom stereocenters. The number of carboxylic acids is 1. The van der Waals surface area contributed by atoms with Crippen molar-refractivity contribution in [3.8, 4) is 0 Å². The fourth-order valence-electron chi connectivity index (χ4n) is 2.73. The number of aromatic carboxylic acids is 1. The van der Waals surface area contributed by atoms with Crippen LogP contribution in [-0.4, -0.2) is 48.7 Å². The third-order valence-electron chi connectivity index (χ3n) is 4.26. The van der Waals surface area contributed by atoms with Gasteiger partial charge in [0.2, 0.25) is 0 Å². The van der Waals surface area contributed by atoms with Gasteiger partial charge in [0.05, 0.1) is 33.6 Å². The van der Waals surface area contributed by atoms with Gasteiger partial charge in [-0.1, -0.05) is 0 Å². The Bertz CT molecular complexity index is 1300. The lowest BCUT2D eigenvalue weighted by molar-refractivity contribution is 0.0696. The zero-order chi connectivity index (χ0) is 23.5. The normalized spacial score (nSPS) is 11.0. The maximum atomic E-state index is 13.1. The van der Waals surface area contributed by atoms with E-state index in [1.54, 1.807) is 0 Å². The predicted octanol–water partition coefficient (Wildman–Crippen LogP) is 2.56. The minimum atomic E-state index is -3.81. The van der Waals surface area contributed by atoms with E-state index in [1.165, 1.54) is 43.6 Å². The van der Waals surface area contributed by atoms with Gasteiger partial charge in [0.25, 0.3) is 5.91 Å². The van der Waals surface area contributed by atoms with Crippen LogP contribution in [0.3, 0.4) is 0 Å². The van der Waals surface area contributed by atoms with Crippen molar-refractivity contribution in [2.24, 2.45) is 0 Å². The molecule has 3 aromatic rings. The predicted molar refractivity (Wildman–Crippen MR) is 115 cm³/mol. The van der Waals surface area contributed by atoms with Crippen LogP contribution in [-0.2, 0) is 9.84 Å². The van der Waals surface area contributed by atoms with Crippen LogP contribution >= 0.6 is 0 Å². The first kappa shape index (κ1) is 22.6. The monoisotopic (exact) mass is 459 g/mol. The number of carbonyl (C=O) groups excluding carboxylic acids is 1. The largest absolute Gasteiger partial charge is 0.478 e.